The Morgan fingerprint density at radius 1 is 1.22 bits per heavy atom. The SMILES string of the molecule is CC1(C)C(n2c(=S)[nH]c3ccc(Cl)cc32)C1(C)C. The second-order valence-electron chi connectivity index (χ2n) is 6.31. The average Bonchev–Trinajstić information content (AvgIpc) is 2.53. The molecule has 3 rings (SSSR count). The fourth-order valence-corrected chi connectivity index (χ4v) is 3.64. The van der Waals surface area contributed by atoms with Crippen LogP contribution in [0.3, 0.4) is 0 Å². The lowest BCUT2D eigenvalue weighted by molar-refractivity contribution is 0.457. The minimum Gasteiger partial charge on any atom is -0.331 e. The molecule has 96 valence electrons. The van der Waals surface area contributed by atoms with E-state index < -0.39 is 0 Å². The molecule has 2 nitrogen and oxygen atoms in total. The smallest absolute Gasteiger partial charge is 0.178 e. The van der Waals surface area contributed by atoms with Gasteiger partial charge in [0.1, 0.15) is 0 Å². The molecule has 0 aliphatic heterocycles. The van der Waals surface area contributed by atoms with Gasteiger partial charge in [-0.25, -0.2) is 0 Å². The Morgan fingerprint density at radius 3 is 2.39 bits per heavy atom. The fraction of sp³-hybridized carbons (Fsp3) is 0.500. The molecular formula is C14H17ClN2S. The molecule has 0 bridgehead atoms. The van der Waals surface area contributed by atoms with Crippen molar-refractivity contribution in [1.82, 2.24) is 9.55 Å². The maximum absolute atomic E-state index is 6.11. The minimum absolute atomic E-state index is 0.253. The van der Waals surface area contributed by atoms with E-state index in [0.29, 0.717) is 6.04 Å². The Bertz CT molecular complexity index is 679. The highest BCUT2D eigenvalue weighted by Gasteiger charge is 2.66. The molecule has 0 unspecified atom stereocenters. The number of halogens is 1. The highest BCUT2D eigenvalue weighted by Crippen LogP contribution is 2.71. The third-order valence-electron chi connectivity index (χ3n) is 4.88. The summed E-state index contributed by atoms with van der Waals surface area (Å²) in [4.78, 5) is 3.27. The monoisotopic (exact) mass is 280 g/mol. The molecule has 0 radical (unpaired) electrons. The van der Waals surface area contributed by atoms with Gasteiger partial charge in [-0.1, -0.05) is 39.3 Å². The number of nitrogens with zero attached hydrogens (tertiary/aromatic N) is 1. The summed E-state index contributed by atoms with van der Waals surface area (Å²) in [6.07, 6.45) is 0. The highest BCUT2D eigenvalue weighted by atomic mass is 35.5. The van der Waals surface area contributed by atoms with Crippen LogP contribution in [0.1, 0.15) is 33.7 Å². The molecule has 2 aromatic rings. The number of benzene rings is 1. The summed E-state index contributed by atoms with van der Waals surface area (Å²) in [5, 5.41) is 0.751. The Hall–Kier alpha value is -0.800. The van der Waals surface area contributed by atoms with Gasteiger partial charge in [0.2, 0.25) is 0 Å². The molecule has 1 aliphatic carbocycles. The summed E-state index contributed by atoms with van der Waals surface area (Å²) in [7, 11) is 0. The first-order valence-corrected chi connectivity index (χ1v) is 6.95. The number of rotatable bonds is 1. The number of hydrogen-bond donors (Lipinski definition) is 1. The van der Waals surface area contributed by atoms with Crippen LogP contribution in [0, 0.1) is 15.6 Å². The van der Waals surface area contributed by atoms with Crippen LogP contribution in [0.2, 0.25) is 5.02 Å². The van der Waals surface area contributed by atoms with Crippen LogP contribution in [-0.4, -0.2) is 9.55 Å². The molecule has 18 heavy (non-hydrogen) atoms. The van der Waals surface area contributed by atoms with Crippen LogP contribution in [0.4, 0.5) is 0 Å². The first-order chi connectivity index (χ1) is 8.26. The molecule has 1 aromatic heterocycles. The van der Waals surface area contributed by atoms with Crippen molar-refractivity contribution in [1.29, 1.82) is 0 Å². The highest BCUT2D eigenvalue weighted by molar-refractivity contribution is 7.71. The van der Waals surface area contributed by atoms with Crippen molar-refractivity contribution in [3.8, 4) is 0 Å². The van der Waals surface area contributed by atoms with Gasteiger partial charge in [0.05, 0.1) is 11.0 Å². The second kappa shape index (κ2) is 3.40. The summed E-state index contributed by atoms with van der Waals surface area (Å²) >= 11 is 11.6. The largest absolute Gasteiger partial charge is 0.331 e. The number of nitrogens with one attached hydrogen (secondary N) is 1. The van der Waals surface area contributed by atoms with Crippen LogP contribution in [0.15, 0.2) is 18.2 Å². The lowest BCUT2D eigenvalue weighted by Crippen LogP contribution is -2.00. The molecule has 1 aliphatic rings. The molecule has 1 heterocycles. The van der Waals surface area contributed by atoms with Gasteiger partial charge in [-0.15, -0.1) is 0 Å². The Labute approximate surface area is 117 Å². The lowest BCUT2D eigenvalue weighted by atomic mass is 10.0. The summed E-state index contributed by atoms with van der Waals surface area (Å²) < 4.78 is 3.02. The molecular weight excluding hydrogens is 264 g/mol. The minimum atomic E-state index is 0.253. The maximum Gasteiger partial charge on any atom is 0.178 e. The van der Waals surface area contributed by atoms with Gasteiger partial charge in [-0.05, 0) is 41.2 Å². The quantitative estimate of drug-likeness (QED) is 0.732. The van der Waals surface area contributed by atoms with Crippen molar-refractivity contribution in [2.24, 2.45) is 10.8 Å². The van der Waals surface area contributed by atoms with Crippen molar-refractivity contribution >= 4 is 34.9 Å². The molecule has 1 saturated carbocycles. The normalized spacial score (nSPS) is 21.4. The predicted molar refractivity (Wildman–Crippen MR) is 78.7 cm³/mol. The average molecular weight is 281 g/mol. The van der Waals surface area contributed by atoms with Gasteiger partial charge in [0.15, 0.2) is 4.77 Å². The van der Waals surface area contributed by atoms with E-state index in [0.717, 1.165) is 20.8 Å². The van der Waals surface area contributed by atoms with Crippen LogP contribution >= 0.6 is 23.8 Å². The molecule has 1 aromatic carbocycles. The first kappa shape index (κ1) is 12.2. The summed E-state index contributed by atoms with van der Waals surface area (Å²) in [5.74, 6) is 0. The number of aromatic nitrogens is 2. The maximum atomic E-state index is 6.11. The van der Waals surface area contributed by atoms with Crippen LogP contribution < -0.4 is 0 Å². The number of hydrogen-bond acceptors (Lipinski definition) is 1. The van der Waals surface area contributed by atoms with Gasteiger partial charge in [0, 0.05) is 11.1 Å². The van der Waals surface area contributed by atoms with E-state index in [1.54, 1.807) is 0 Å². The molecule has 1 N–H and O–H groups in total. The summed E-state index contributed by atoms with van der Waals surface area (Å²) in [6.45, 7) is 9.18. The fourth-order valence-electron chi connectivity index (χ4n) is 3.16. The van der Waals surface area contributed by atoms with Crippen LogP contribution in [0.25, 0.3) is 11.0 Å². The van der Waals surface area contributed by atoms with E-state index in [2.05, 4.69) is 37.2 Å². The number of imidazole rings is 1. The third kappa shape index (κ3) is 1.38. The zero-order valence-corrected chi connectivity index (χ0v) is 12.6. The van der Waals surface area contributed by atoms with Gasteiger partial charge in [0.25, 0.3) is 0 Å². The van der Waals surface area contributed by atoms with Crippen molar-refractivity contribution < 1.29 is 0 Å². The van der Waals surface area contributed by atoms with Crippen molar-refractivity contribution in [2.45, 2.75) is 33.7 Å². The number of aromatic amines is 1. The van der Waals surface area contributed by atoms with E-state index in [1.807, 2.05) is 18.2 Å². The van der Waals surface area contributed by atoms with E-state index in [4.69, 9.17) is 23.8 Å². The lowest BCUT2D eigenvalue weighted by Gasteiger charge is -2.06. The van der Waals surface area contributed by atoms with Crippen LogP contribution in [-0.2, 0) is 0 Å². The van der Waals surface area contributed by atoms with Crippen molar-refractivity contribution in [3.63, 3.8) is 0 Å². The van der Waals surface area contributed by atoms with Gasteiger partial charge >= 0.3 is 0 Å². The van der Waals surface area contributed by atoms with E-state index in [9.17, 15) is 0 Å². The topological polar surface area (TPSA) is 20.7 Å². The van der Waals surface area contributed by atoms with E-state index in [1.165, 1.54) is 0 Å². The Morgan fingerprint density at radius 2 is 1.83 bits per heavy atom. The zero-order valence-electron chi connectivity index (χ0n) is 11.0. The number of H-pyrrole nitrogens is 1. The van der Waals surface area contributed by atoms with Crippen molar-refractivity contribution in [3.05, 3.63) is 28.0 Å². The number of fused-ring (bicyclic) bond motifs is 1. The zero-order chi connectivity index (χ0) is 13.3. The van der Waals surface area contributed by atoms with E-state index >= 15 is 0 Å². The summed E-state index contributed by atoms with van der Waals surface area (Å²) in [6, 6.07) is 6.30. The Balaban J connectivity index is 2.28. The first-order valence-electron chi connectivity index (χ1n) is 6.16. The standard InChI is InChI=1S/C14H17ClN2S/c1-13(2)11(14(13,3)4)17-10-7-8(15)5-6-9(10)16-12(17)18/h5-7,11H,1-4H3,(H,16,18). The molecule has 4 heteroatoms. The van der Waals surface area contributed by atoms with Gasteiger partial charge < -0.3 is 9.55 Å². The predicted octanol–water partition coefficient (Wildman–Crippen LogP) is 4.96. The van der Waals surface area contributed by atoms with Gasteiger partial charge in [-0.3, -0.25) is 0 Å². The van der Waals surface area contributed by atoms with E-state index in [-0.39, 0.29) is 10.8 Å². The molecule has 0 amide bonds. The third-order valence-corrected chi connectivity index (χ3v) is 5.42. The van der Waals surface area contributed by atoms with Crippen molar-refractivity contribution in [2.75, 3.05) is 0 Å². The molecule has 1 fully saturated rings. The second-order valence-corrected chi connectivity index (χ2v) is 7.13. The molecule has 0 spiro atoms. The van der Waals surface area contributed by atoms with Gasteiger partial charge in [-0.2, -0.15) is 0 Å². The summed E-state index contributed by atoms with van der Waals surface area (Å²) in [5.41, 5.74) is 2.67. The van der Waals surface area contributed by atoms with Crippen LogP contribution in [0.5, 0.6) is 0 Å². The molecule has 0 atom stereocenters. The Kier molecular flexibility index (Phi) is 2.31. The molecule has 0 saturated heterocycles.